The number of aromatic hydroxyl groups is 1. The third-order valence-corrected chi connectivity index (χ3v) is 4.45. The van der Waals surface area contributed by atoms with Gasteiger partial charge in [-0.25, -0.2) is 0 Å². The van der Waals surface area contributed by atoms with Crippen molar-refractivity contribution in [3.8, 4) is 5.88 Å². The molecule has 2 N–H and O–H groups in total. The quantitative estimate of drug-likeness (QED) is 0.856. The second-order valence-electron chi connectivity index (χ2n) is 4.31. The molecule has 4 nitrogen and oxygen atoms in total. The van der Waals surface area contributed by atoms with E-state index < -0.39 is 0 Å². The highest BCUT2D eigenvalue weighted by Crippen LogP contribution is 2.35. The SMILES string of the molecule is OCCn1c(O)c(/C=C2\C=Nc3ccccc32)sc1=S. The van der Waals surface area contributed by atoms with Gasteiger partial charge in [0.15, 0.2) is 3.95 Å². The molecule has 1 aliphatic heterocycles. The van der Waals surface area contributed by atoms with E-state index in [1.165, 1.54) is 15.9 Å². The molecular formula is C14H12N2O2S2. The van der Waals surface area contributed by atoms with E-state index in [9.17, 15) is 5.11 Å². The molecular weight excluding hydrogens is 292 g/mol. The van der Waals surface area contributed by atoms with Crippen LogP contribution in [-0.2, 0) is 6.54 Å². The number of fused-ring (bicyclic) bond motifs is 1. The molecule has 0 amide bonds. The van der Waals surface area contributed by atoms with Gasteiger partial charge in [-0.1, -0.05) is 18.2 Å². The van der Waals surface area contributed by atoms with Crippen molar-refractivity contribution in [1.29, 1.82) is 0 Å². The molecule has 3 rings (SSSR count). The third-order valence-electron chi connectivity index (χ3n) is 3.06. The van der Waals surface area contributed by atoms with E-state index >= 15 is 0 Å². The van der Waals surface area contributed by atoms with Crippen LogP contribution in [0.5, 0.6) is 5.88 Å². The number of aliphatic hydroxyl groups excluding tert-OH is 1. The van der Waals surface area contributed by atoms with E-state index in [0.717, 1.165) is 16.8 Å². The van der Waals surface area contributed by atoms with Gasteiger partial charge in [-0.2, -0.15) is 0 Å². The Hall–Kier alpha value is -1.76. The van der Waals surface area contributed by atoms with Gasteiger partial charge in [0.1, 0.15) is 0 Å². The Bertz CT molecular complexity index is 772. The van der Waals surface area contributed by atoms with Crippen LogP contribution >= 0.6 is 23.6 Å². The summed E-state index contributed by atoms with van der Waals surface area (Å²) in [4.78, 5) is 5.01. The number of hydrogen-bond donors (Lipinski definition) is 2. The molecule has 0 fully saturated rings. The summed E-state index contributed by atoms with van der Waals surface area (Å²) in [7, 11) is 0. The zero-order valence-electron chi connectivity index (χ0n) is 10.5. The highest BCUT2D eigenvalue weighted by Gasteiger charge is 2.14. The molecule has 2 heterocycles. The number of rotatable bonds is 3. The Balaban J connectivity index is 2.05. The predicted molar refractivity (Wildman–Crippen MR) is 84.4 cm³/mol. The van der Waals surface area contributed by atoms with Crippen LogP contribution < -0.4 is 0 Å². The summed E-state index contributed by atoms with van der Waals surface area (Å²) >= 11 is 6.51. The second-order valence-corrected chi connectivity index (χ2v) is 5.98. The molecule has 0 unspecified atom stereocenters. The first-order chi connectivity index (χ1) is 9.70. The lowest BCUT2D eigenvalue weighted by molar-refractivity contribution is 0.266. The molecule has 1 aromatic carbocycles. The number of nitrogens with zero attached hydrogens (tertiary/aromatic N) is 2. The van der Waals surface area contributed by atoms with Gasteiger partial charge in [-0.3, -0.25) is 9.56 Å². The van der Waals surface area contributed by atoms with Crippen molar-refractivity contribution in [1.82, 2.24) is 4.57 Å². The largest absolute Gasteiger partial charge is 0.493 e. The maximum Gasteiger partial charge on any atom is 0.210 e. The molecule has 0 saturated carbocycles. The molecule has 1 aromatic heterocycles. The molecule has 6 heteroatoms. The van der Waals surface area contributed by atoms with Crippen molar-refractivity contribution in [2.24, 2.45) is 4.99 Å². The van der Waals surface area contributed by atoms with Crippen LogP contribution in [0.3, 0.4) is 0 Å². The van der Waals surface area contributed by atoms with Crippen LogP contribution in [0.4, 0.5) is 5.69 Å². The lowest BCUT2D eigenvalue weighted by Crippen LogP contribution is -2.00. The van der Waals surface area contributed by atoms with Gasteiger partial charge in [0.05, 0.1) is 23.7 Å². The third kappa shape index (κ3) is 2.22. The van der Waals surface area contributed by atoms with Gasteiger partial charge in [-0.15, -0.1) is 11.3 Å². The monoisotopic (exact) mass is 304 g/mol. The van der Waals surface area contributed by atoms with Crippen LogP contribution in [0.15, 0.2) is 29.3 Å². The first kappa shape index (κ1) is 13.2. The maximum absolute atomic E-state index is 10.2. The summed E-state index contributed by atoms with van der Waals surface area (Å²) in [6.07, 6.45) is 3.66. The summed E-state index contributed by atoms with van der Waals surface area (Å²) in [6, 6.07) is 7.85. The van der Waals surface area contributed by atoms with E-state index in [4.69, 9.17) is 17.3 Å². The van der Waals surface area contributed by atoms with Gasteiger partial charge in [-0.05, 0) is 24.4 Å². The zero-order valence-corrected chi connectivity index (χ0v) is 12.1. The average Bonchev–Trinajstić information content (AvgIpc) is 2.97. The number of para-hydroxylation sites is 1. The molecule has 0 atom stereocenters. The number of thiazole rings is 1. The van der Waals surface area contributed by atoms with Gasteiger partial charge in [0, 0.05) is 17.4 Å². The number of aliphatic hydroxyl groups is 1. The normalized spacial score (nSPS) is 14.9. The van der Waals surface area contributed by atoms with Crippen molar-refractivity contribution >= 4 is 47.1 Å². The Morgan fingerprint density at radius 3 is 2.95 bits per heavy atom. The number of aliphatic imine (C=N–C) groups is 1. The summed E-state index contributed by atoms with van der Waals surface area (Å²) in [5.41, 5.74) is 2.92. The Labute approximate surface area is 125 Å². The molecule has 0 aliphatic carbocycles. The lowest BCUT2D eigenvalue weighted by atomic mass is 10.1. The zero-order chi connectivity index (χ0) is 14.1. The fourth-order valence-electron chi connectivity index (χ4n) is 2.10. The Morgan fingerprint density at radius 1 is 1.35 bits per heavy atom. The number of hydrogen-bond acceptors (Lipinski definition) is 5. The first-order valence-corrected chi connectivity index (χ1v) is 7.32. The molecule has 0 saturated heterocycles. The molecule has 0 spiro atoms. The number of benzene rings is 1. The summed E-state index contributed by atoms with van der Waals surface area (Å²) in [6.45, 7) is 0.244. The summed E-state index contributed by atoms with van der Waals surface area (Å²) < 4.78 is 2.08. The molecule has 1 aliphatic rings. The van der Waals surface area contributed by atoms with Crippen LogP contribution in [0.2, 0.25) is 0 Å². The molecule has 20 heavy (non-hydrogen) atoms. The summed E-state index contributed by atoms with van der Waals surface area (Å²) in [5.74, 6) is 0.0966. The highest BCUT2D eigenvalue weighted by molar-refractivity contribution is 7.73. The Kier molecular flexibility index (Phi) is 3.52. The van der Waals surface area contributed by atoms with Gasteiger partial charge < -0.3 is 10.2 Å². The molecule has 102 valence electrons. The van der Waals surface area contributed by atoms with Crippen molar-refractivity contribution in [3.05, 3.63) is 38.7 Å². The molecule has 2 aromatic rings. The standard InChI is InChI=1S/C14H12N2O2S2/c17-6-5-16-13(18)12(20-14(16)19)7-9-8-15-11-4-2-1-3-10(9)11/h1-4,7-8,17-18H,5-6H2/b9-7+. The minimum Gasteiger partial charge on any atom is -0.493 e. The summed E-state index contributed by atoms with van der Waals surface area (Å²) in [5, 5.41) is 19.1. The van der Waals surface area contributed by atoms with Crippen LogP contribution in [0, 0.1) is 3.95 Å². The van der Waals surface area contributed by atoms with Crippen molar-refractivity contribution in [3.63, 3.8) is 0 Å². The van der Waals surface area contributed by atoms with Crippen LogP contribution in [-0.4, -0.2) is 27.6 Å². The molecule has 0 radical (unpaired) electrons. The van der Waals surface area contributed by atoms with E-state index in [-0.39, 0.29) is 12.5 Å². The van der Waals surface area contributed by atoms with Crippen LogP contribution in [0.25, 0.3) is 11.6 Å². The lowest BCUT2D eigenvalue weighted by Gasteiger charge is -2.01. The first-order valence-electron chi connectivity index (χ1n) is 6.09. The molecule has 0 bridgehead atoms. The number of allylic oxidation sites excluding steroid dienone is 1. The van der Waals surface area contributed by atoms with Crippen molar-refractivity contribution < 1.29 is 10.2 Å². The predicted octanol–water partition coefficient (Wildman–Crippen LogP) is 3.23. The van der Waals surface area contributed by atoms with E-state index in [1.807, 2.05) is 30.3 Å². The van der Waals surface area contributed by atoms with Crippen LogP contribution in [0.1, 0.15) is 10.4 Å². The van der Waals surface area contributed by atoms with Crippen molar-refractivity contribution in [2.75, 3.05) is 6.61 Å². The van der Waals surface area contributed by atoms with Gasteiger partial charge in [0.2, 0.25) is 5.88 Å². The Morgan fingerprint density at radius 2 is 2.15 bits per heavy atom. The minimum atomic E-state index is -0.0566. The average molecular weight is 304 g/mol. The van der Waals surface area contributed by atoms with E-state index in [2.05, 4.69) is 4.99 Å². The van der Waals surface area contributed by atoms with Gasteiger partial charge >= 0.3 is 0 Å². The smallest absolute Gasteiger partial charge is 0.210 e. The fraction of sp³-hybridized carbons (Fsp3) is 0.143. The van der Waals surface area contributed by atoms with E-state index in [0.29, 0.717) is 15.4 Å². The number of aromatic nitrogens is 1. The topological polar surface area (TPSA) is 57.8 Å². The van der Waals surface area contributed by atoms with E-state index in [1.54, 1.807) is 6.21 Å². The highest BCUT2D eigenvalue weighted by atomic mass is 32.1. The van der Waals surface area contributed by atoms with Crippen molar-refractivity contribution in [2.45, 2.75) is 6.54 Å². The second kappa shape index (κ2) is 5.32. The fourth-order valence-corrected chi connectivity index (χ4v) is 3.41. The maximum atomic E-state index is 10.2. The minimum absolute atomic E-state index is 0.0566. The van der Waals surface area contributed by atoms with Gasteiger partial charge in [0.25, 0.3) is 0 Å².